The number of benzene rings is 1. The summed E-state index contributed by atoms with van der Waals surface area (Å²) < 4.78 is 12.3. The number of halogens is 1. The molecule has 1 atom stereocenters. The highest BCUT2D eigenvalue weighted by atomic mass is 19.1. The fourth-order valence-corrected chi connectivity index (χ4v) is 1.24. The molecule has 0 heterocycles. The van der Waals surface area contributed by atoms with E-state index in [0.717, 1.165) is 16.7 Å². The van der Waals surface area contributed by atoms with Gasteiger partial charge < -0.3 is 5.73 Å². The summed E-state index contributed by atoms with van der Waals surface area (Å²) in [4.78, 5) is 0. The Morgan fingerprint density at radius 3 is 2.67 bits per heavy atom. The Kier molecular flexibility index (Phi) is 2.82. The summed E-state index contributed by atoms with van der Waals surface area (Å²) >= 11 is 0. The van der Waals surface area contributed by atoms with E-state index in [9.17, 15) is 4.39 Å². The van der Waals surface area contributed by atoms with Crippen LogP contribution >= 0.6 is 0 Å². The van der Waals surface area contributed by atoms with Gasteiger partial charge in [0.1, 0.15) is 6.67 Å². The van der Waals surface area contributed by atoms with Gasteiger partial charge in [-0.2, -0.15) is 0 Å². The molecule has 0 fully saturated rings. The number of nitrogens with two attached hydrogens (primary N) is 1. The molecule has 66 valence electrons. The second-order valence-corrected chi connectivity index (χ2v) is 3.12. The van der Waals surface area contributed by atoms with E-state index in [-0.39, 0.29) is 0 Å². The second kappa shape index (κ2) is 3.68. The van der Waals surface area contributed by atoms with E-state index in [0.29, 0.717) is 0 Å². The molecule has 1 rings (SSSR count). The minimum absolute atomic E-state index is 0.468. The predicted molar refractivity (Wildman–Crippen MR) is 48.8 cm³/mol. The van der Waals surface area contributed by atoms with E-state index in [1.54, 1.807) is 0 Å². The van der Waals surface area contributed by atoms with Crippen LogP contribution in [0.2, 0.25) is 0 Å². The second-order valence-electron chi connectivity index (χ2n) is 3.12. The summed E-state index contributed by atoms with van der Waals surface area (Å²) in [5.74, 6) is 0. The lowest BCUT2D eigenvalue weighted by molar-refractivity contribution is 0.436. The number of rotatable bonds is 2. The minimum atomic E-state index is -0.496. The summed E-state index contributed by atoms with van der Waals surface area (Å²) in [6, 6.07) is 5.45. The van der Waals surface area contributed by atoms with Crippen LogP contribution in [0, 0.1) is 13.8 Å². The Balaban J connectivity index is 3.04. The largest absolute Gasteiger partial charge is 0.322 e. The van der Waals surface area contributed by atoms with Crippen molar-refractivity contribution in [3.05, 3.63) is 34.9 Å². The molecule has 2 heteroatoms. The maximum atomic E-state index is 12.3. The highest BCUT2D eigenvalue weighted by Gasteiger charge is 2.07. The Morgan fingerprint density at radius 1 is 1.42 bits per heavy atom. The summed E-state index contributed by atoms with van der Waals surface area (Å²) in [5.41, 5.74) is 8.69. The van der Waals surface area contributed by atoms with Crippen molar-refractivity contribution in [3.63, 3.8) is 0 Å². The molecule has 0 saturated carbocycles. The zero-order chi connectivity index (χ0) is 9.14. The molecule has 0 saturated heterocycles. The summed E-state index contributed by atoms with van der Waals surface area (Å²) in [7, 11) is 0. The molecule has 0 spiro atoms. The molecule has 0 amide bonds. The van der Waals surface area contributed by atoms with E-state index in [4.69, 9.17) is 5.73 Å². The third kappa shape index (κ3) is 1.83. The van der Waals surface area contributed by atoms with Crippen molar-refractivity contribution < 1.29 is 4.39 Å². The van der Waals surface area contributed by atoms with Gasteiger partial charge in [0.05, 0.1) is 6.04 Å². The molecular weight excluding hydrogens is 153 g/mol. The third-order valence-corrected chi connectivity index (χ3v) is 2.00. The first-order chi connectivity index (χ1) is 5.65. The smallest absolute Gasteiger partial charge is 0.109 e. The van der Waals surface area contributed by atoms with Gasteiger partial charge in [-0.25, -0.2) is 4.39 Å². The van der Waals surface area contributed by atoms with Gasteiger partial charge in [-0.1, -0.05) is 23.8 Å². The first-order valence-corrected chi connectivity index (χ1v) is 4.04. The number of alkyl halides is 1. The lowest BCUT2D eigenvalue weighted by atomic mass is 10.0. The minimum Gasteiger partial charge on any atom is -0.322 e. The van der Waals surface area contributed by atoms with Crippen molar-refractivity contribution in [1.29, 1.82) is 0 Å². The van der Waals surface area contributed by atoms with Gasteiger partial charge in [-0.05, 0) is 25.0 Å². The molecule has 1 nitrogen and oxygen atoms in total. The maximum absolute atomic E-state index is 12.3. The molecular formula is C10H14FN. The third-order valence-electron chi connectivity index (χ3n) is 2.00. The van der Waals surface area contributed by atoms with E-state index in [1.807, 2.05) is 32.0 Å². The van der Waals surface area contributed by atoms with Gasteiger partial charge in [-0.15, -0.1) is 0 Å². The van der Waals surface area contributed by atoms with Crippen LogP contribution in [-0.4, -0.2) is 6.67 Å². The first kappa shape index (κ1) is 9.20. The van der Waals surface area contributed by atoms with Crippen molar-refractivity contribution >= 4 is 0 Å². The highest BCUT2D eigenvalue weighted by molar-refractivity contribution is 5.32. The average molecular weight is 167 g/mol. The van der Waals surface area contributed by atoms with Crippen molar-refractivity contribution in [2.75, 3.05) is 6.67 Å². The monoisotopic (exact) mass is 167 g/mol. The molecule has 0 unspecified atom stereocenters. The average Bonchev–Trinajstić information content (AvgIpc) is 2.08. The van der Waals surface area contributed by atoms with Gasteiger partial charge in [0.15, 0.2) is 0 Å². The molecule has 12 heavy (non-hydrogen) atoms. The zero-order valence-corrected chi connectivity index (χ0v) is 7.47. The van der Waals surface area contributed by atoms with Gasteiger partial charge in [0.2, 0.25) is 0 Å². The van der Waals surface area contributed by atoms with Crippen LogP contribution in [-0.2, 0) is 0 Å². The standard InChI is InChI=1S/C10H14FN/c1-7-3-4-8(2)9(5-7)10(12)6-11/h3-5,10H,6,12H2,1-2H3/t10-/m0/s1. The molecule has 2 N–H and O–H groups in total. The van der Waals surface area contributed by atoms with E-state index >= 15 is 0 Å². The van der Waals surface area contributed by atoms with Crippen LogP contribution in [0.5, 0.6) is 0 Å². The van der Waals surface area contributed by atoms with E-state index < -0.39 is 12.7 Å². The Morgan fingerprint density at radius 2 is 2.08 bits per heavy atom. The molecule has 0 radical (unpaired) electrons. The van der Waals surface area contributed by atoms with Crippen molar-refractivity contribution in [1.82, 2.24) is 0 Å². The fraction of sp³-hybridized carbons (Fsp3) is 0.400. The Hall–Kier alpha value is -0.890. The molecule has 0 aromatic heterocycles. The zero-order valence-electron chi connectivity index (χ0n) is 7.47. The van der Waals surface area contributed by atoms with Crippen molar-refractivity contribution in [2.45, 2.75) is 19.9 Å². The topological polar surface area (TPSA) is 26.0 Å². The van der Waals surface area contributed by atoms with Gasteiger partial charge >= 0.3 is 0 Å². The first-order valence-electron chi connectivity index (χ1n) is 4.04. The quantitative estimate of drug-likeness (QED) is 0.718. The van der Waals surface area contributed by atoms with Gasteiger partial charge in [0, 0.05) is 0 Å². The Labute approximate surface area is 72.4 Å². The predicted octanol–water partition coefficient (Wildman–Crippen LogP) is 2.27. The molecule has 1 aromatic carbocycles. The van der Waals surface area contributed by atoms with Crippen molar-refractivity contribution in [3.8, 4) is 0 Å². The molecule has 0 bridgehead atoms. The normalized spacial score (nSPS) is 13.0. The molecule has 0 aliphatic carbocycles. The number of hydrogen-bond donors (Lipinski definition) is 1. The summed E-state index contributed by atoms with van der Waals surface area (Å²) in [5, 5.41) is 0. The van der Waals surface area contributed by atoms with Crippen molar-refractivity contribution in [2.24, 2.45) is 5.73 Å². The maximum Gasteiger partial charge on any atom is 0.109 e. The van der Waals surface area contributed by atoms with Gasteiger partial charge in [0.25, 0.3) is 0 Å². The lowest BCUT2D eigenvalue weighted by Gasteiger charge is -2.11. The van der Waals surface area contributed by atoms with Crippen LogP contribution in [0.15, 0.2) is 18.2 Å². The van der Waals surface area contributed by atoms with Crippen LogP contribution in [0.3, 0.4) is 0 Å². The van der Waals surface area contributed by atoms with Crippen LogP contribution in [0.1, 0.15) is 22.7 Å². The van der Waals surface area contributed by atoms with Gasteiger partial charge in [-0.3, -0.25) is 0 Å². The van der Waals surface area contributed by atoms with E-state index in [1.165, 1.54) is 0 Å². The lowest BCUT2D eigenvalue weighted by Crippen LogP contribution is -2.13. The van der Waals surface area contributed by atoms with E-state index in [2.05, 4.69) is 0 Å². The molecule has 0 aliphatic heterocycles. The summed E-state index contributed by atoms with van der Waals surface area (Å²) in [6.45, 7) is 3.43. The molecule has 1 aromatic rings. The molecule has 0 aliphatic rings. The number of aryl methyl sites for hydroxylation is 2. The van der Waals surface area contributed by atoms with Crippen LogP contribution in [0.25, 0.3) is 0 Å². The Bertz CT molecular complexity index is 271. The SMILES string of the molecule is Cc1ccc(C)c([C@@H](N)CF)c1. The summed E-state index contributed by atoms with van der Waals surface area (Å²) in [6.07, 6.45) is 0. The van der Waals surface area contributed by atoms with Crippen LogP contribution < -0.4 is 5.73 Å². The van der Waals surface area contributed by atoms with Crippen LogP contribution in [0.4, 0.5) is 4.39 Å². The fourth-order valence-electron chi connectivity index (χ4n) is 1.24. The number of hydrogen-bond acceptors (Lipinski definition) is 1. The highest BCUT2D eigenvalue weighted by Crippen LogP contribution is 2.17.